The number of aromatic amines is 2. The third kappa shape index (κ3) is 3.56. The number of fused-ring (bicyclic) bond motifs is 1. The Morgan fingerprint density at radius 3 is 2.58 bits per heavy atom. The summed E-state index contributed by atoms with van der Waals surface area (Å²) in [7, 11) is 1.50. The Morgan fingerprint density at radius 2 is 1.96 bits per heavy atom. The van der Waals surface area contributed by atoms with Gasteiger partial charge < -0.3 is 25.3 Å². The van der Waals surface area contributed by atoms with E-state index in [4.69, 9.17) is 4.74 Å². The molecular weight excluding hydrogens is 336 g/mol. The molecule has 0 aliphatic heterocycles. The molecule has 2 aromatic heterocycles. The second-order valence-corrected chi connectivity index (χ2v) is 6.23. The molecule has 3 rings (SSSR count). The fourth-order valence-corrected chi connectivity index (χ4v) is 2.91. The fourth-order valence-electron chi connectivity index (χ4n) is 2.91. The van der Waals surface area contributed by atoms with E-state index in [0.717, 1.165) is 11.4 Å². The fraction of sp³-hybridized carbons (Fsp3) is 0.353. The SMILES string of the molecule is COc1cc2[nH]c(=O)[nH]c2cc1NC(=O)NC[C@@H](C)n1nc(C)cc1C. The number of anilines is 1. The first-order chi connectivity index (χ1) is 12.4. The second kappa shape index (κ2) is 6.95. The van der Waals surface area contributed by atoms with Crippen LogP contribution in [0.25, 0.3) is 11.0 Å². The van der Waals surface area contributed by atoms with Gasteiger partial charge in [0, 0.05) is 18.3 Å². The molecule has 0 radical (unpaired) electrons. The van der Waals surface area contributed by atoms with E-state index in [9.17, 15) is 9.59 Å². The smallest absolute Gasteiger partial charge is 0.323 e. The van der Waals surface area contributed by atoms with Gasteiger partial charge in [0.1, 0.15) is 5.75 Å². The number of ether oxygens (including phenoxy) is 1. The van der Waals surface area contributed by atoms with E-state index in [2.05, 4.69) is 25.7 Å². The number of aryl methyl sites for hydroxylation is 2. The number of methoxy groups -OCH3 is 1. The molecule has 9 nitrogen and oxygen atoms in total. The average molecular weight is 358 g/mol. The van der Waals surface area contributed by atoms with Crippen molar-refractivity contribution in [1.82, 2.24) is 25.1 Å². The summed E-state index contributed by atoms with van der Waals surface area (Å²) in [5, 5.41) is 10.00. The molecule has 2 amide bonds. The van der Waals surface area contributed by atoms with Gasteiger partial charge in [-0.2, -0.15) is 5.10 Å². The van der Waals surface area contributed by atoms with Crippen LogP contribution in [0.1, 0.15) is 24.4 Å². The summed E-state index contributed by atoms with van der Waals surface area (Å²) in [6.45, 7) is 6.31. The van der Waals surface area contributed by atoms with E-state index in [0.29, 0.717) is 29.0 Å². The van der Waals surface area contributed by atoms with Crippen LogP contribution < -0.4 is 21.1 Å². The van der Waals surface area contributed by atoms with Crippen molar-refractivity contribution >= 4 is 22.8 Å². The van der Waals surface area contributed by atoms with Crippen molar-refractivity contribution in [2.45, 2.75) is 26.8 Å². The molecule has 0 aliphatic carbocycles. The number of aromatic nitrogens is 4. The van der Waals surface area contributed by atoms with Gasteiger partial charge in [0.2, 0.25) is 0 Å². The number of imidazole rings is 1. The van der Waals surface area contributed by atoms with Crippen molar-refractivity contribution in [3.8, 4) is 5.75 Å². The Labute approximate surface area is 149 Å². The zero-order valence-electron chi connectivity index (χ0n) is 15.1. The first-order valence-corrected chi connectivity index (χ1v) is 8.25. The van der Waals surface area contributed by atoms with Crippen LogP contribution >= 0.6 is 0 Å². The van der Waals surface area contributed by atoms with Gasteiger partial charge in [-0.25, -0.2) is 9.59 Å². The van der Waals surface area contributed by atoms with Crippen molar-refractivity contribution in [1.29, 1.82) is 0 Å². The van der Waals surface area contributed by atoms with Crippen LogP contribution in [0.4, 0.5) is 10.5 Å². The molecule has 1 atom stereocenters. The predicted octanol–water partition coefficient (Wildman–Crippen LogP) is 2.06. The largest absolute Gasteiger partial charge is 0.494 e. The Bertz CT molecular complexity index is 1000. The van der Waals surface area contributed by atoms with E-state index in [-0.39, 0.29) is 17.8 Å². The molecule has 1 aromatic carbocycles. The number of hydrogen-bond acceptors (Lipinski definition) is 4. The highest BCUT2D eigenvalue weighted by Crippen LogP contribution is 2.28. The zero-order chi connectivity index (χ0) is 18.8. The molecule has 0 spiro atoms. The molecule has 4 N–H and O–H groups in total. The number of H-pyrrole nitrogens is 2. The average Bonchev–Trinajstić information content (AvgIpc) is 3.11. The molecule has 0 bridgehead atoms. The van der Waals surface area contributed by atoms with Crippen molar-refractivity contribution in [2.75, 3.05) is 19.0 Å². The molecule has 0 saturated carbocycles. The third-order valence-corrected chi connectivity index (χ3v) is 4.10. The summed E-state index contributed by atoms with van der Waals surface area (Å²) in [5.41, 5.74) is 3.32. The number of rotatable bonds is 5. The van der Waals surface area contributed by atoms with Crippen molar-refractivity contribution in [2.24, 2.45) is 0 Å². The number of benzene rings is 1. The third-order valence-electron chi connectivity index (χ3n) is 4.10. The lowest BCUT2D eigenvalue weighted by atomic mass is 10.2. The van der Waals surface area contributed by atoms with E-state index < -0.39 is 0 Å². The van der Waals surface area contributed by atoms with Crippen LogP contribution in [0.3, 0.4) is 0 Å². The maximum absolute atomic E-state index is 12.3. The second-order valence-electron chi connectivity index (χ2n) is 6.23. The van der Waals surface area contributed by atoms with Crippen molar-refractivity contribution < 1.29 is 9.53 Å². The summed E-state index contributed by atoms with van der Waals surface area (Å²) < 4.78 is 7.17. The molecule has 3 aromatic rings. The number of hydrogen-bond donors (Lipinski definition) is 4. The van der Waals surface area contributed by atoms with E-state index in [1.165, 1.54) is 7.11 Å². The Hall–Kier alpha value is -3.23. The number of amides is 2. The summed E-state index contributed by atoms with van der Waals surface area (Å²) in [5.74, 6) is 0.453. The normalized spacial score (nSPS) is 12.2. The number of urea groups is 1. The van der Waals surface area contributed by atoms with Crippen LogP contribution in [-0.2, 0) is 0 Å². The standard InChI is InChI=1S/C17H22N6O3/c1-9-5-10(2)23(22-9)11(3)8-18-16(24)21-14-6-12-13(7-15(14)26-4)20-17(25)19-12/h5-7,11H,8H2,1-4H3,(H2,18,21,24)(H2,19,20,25)/t11-/m1/s1. The molecule has 0 unspecified atom stereocenters. The van der Waals surface area contributed by atoms with Gasteiger partial charge in [-0.3, -0.25) is 4.68 Å². The zero-order valence-corrected chi connectivity index (χ0v) is 15.1. The van der Waals surface area contributed by atoms with E-state index >= 15 is 0 Å². The minimum atomic E-state index is -0.367. The highest BCUT2D eigenvalue weighted by molar-refractivity contribution is 5.94. The Kier molecular flexibility index (Phi) is 4.70. The highest BCUT2D eigenvalue weighted by atomic mass is 16.5. The maximum Gasteiger partial charge on any atom is 0.323 e. The highest BCUT2D eigenvalue weighted by Gasteiger charge is 2.13. The minimum absolute atomic E-state index is 0.0138. The number of nitrogens with one attached hydrogen (secondary N) is 4. The quantitative estimate of drug-likeness (QED) is 0.558. The summed E-state index contributed by atoms with van der Waals surface area (Å²) >= 11 is 0. The number of carbonyl (C=O) groups is 1. The van der Waals surface area contributed by atoms with Crippen LogP contribution in [0, 0.1) is 13.8 Å². The van der Waals surface area contributed by atoms with Crippen molar-refractivity contribution in [3.05, 3.63) is 40.1 Å². The first kappa shape index (κ1) is 17.6. The Balaban J connectivity index is 1.68. The summed E-state index contributed by atoms with van der Waals surface area (Å²) in [6.07, 6.45) is 0. The lowest BCUT2D eigenvalue weighted by Crippen LogP contribution is -2.33. The van der Waals surface area contributed by atoms with Crippen molar-refractivity contribution in [3.63, 3.8) is 0 Å². The lowest BCUT2D eigenvalue weighted by Gasteiger charge is -2.16. The van der Waals surface area contributed by atoms with Crippen LogP contribution in [-0.4, -0.2) is 39.4 Å². The van der Waals surface area contributed by atoms with Gasteiger partial charge in [-0.15, -0.1) is 0 Å². The van der Waals surface area contributed by atoms with Gasteiger partial charge in [0.25, 0.3) is 0 Å². The molecule has 0 aliphatic rings. The summed E-state index contributed by atoms with van der Waals surface area (Å²) in [4.78, 5) is 29.0. The molecule has 26 heavy (non-hydrogen) atoms. The predicted molar refractivity (Wildman–Crippen MR) is 98.9 cm³/mol. The molecular formula is C17H22N6O3. The monoisotopic (exact) mass is 358 g/mol. The maximum atomic E-state index is 12.3. The van der Waals surface area contributed by atoms with Gasteiger partial charge in [0.05, 0.1) is 35.6 Å². The Morgan fingerprint density at radius 1 is 1.27 bits per heavy atom. The molecule has 0 fully saturated rings. The van der Waals surface area contributed by atoms with Gasteiger partial charge in [-0.1, -0.05) is 0 Å². The molecule has 9 heteroatoms. The van der Waals surface area contributed by atoms with E-state index in [1.807, 2.05) is 31.5 Å². The minimum Gasteiger partial charge on any atom is -0.494 e. The van der Waals surface area contributed by atoms with Crippen LogP contribution in [0.2, 0.25) is 0 Å². The summed E-state index contributed by atoms with van der Waals surface area (Å²) in [6, 6.07) is 4.94. The molecule has 0 saturated heterocycles. The lowest BCUT2D eigenvalue weighted by molar-refractivity contribution is 0.250. The van der Waals surface area contributed by atoms with Crippen LogP contribution in [0.15, 0.2) is 23.0 Å². The topological polar surface area (TPSA) is 117 Å². The van der Waals surface area contributed by atoms with Gasteiger partial charge in [-0.05, 0) is 32.9 Å². The number of carbonyl (C=O) groups excluding carboxylic acids is 1. The molecule has 2 heterocycles. The van der Waals surface area contributed by atoms with Gasteiger partial charge >= 0.3 is 11.7 Å². The molecule has 138 valence electrons. The first-order valence-electron chi connectivity index (χ1n) is 8.25. The van der Waals surface area contributed by atoms with Crippen LogP contribution in [0.5, 0.6) is 5.75 Å². The van der Waals surface area contributed by atoms with E-state index in [1.54, 1.807) is 12.1 Å². The number of nitrogens with zero attached hydrogens (tertiary/aromatic N) is 2. The van der Waals surface area contributed by atoms with Gasteiger partial charge in [0.15, 0.2) is 0 Å².